The molecule has 0 N–H and O–H groups in total. The topological polar surface area (TPSA) is 12.5 Å². The summed E-state index contributed by atoms with van der Waals surface area (Å²) in [6.45, 7) is 7.69. The molecule has 1 nitrogen and oxygen atoms in total. The maximum Gasteiger partial charge on any atom is 0.0701 e. The van der Waals surface area contributed by atoms with Crippen LogP contribution in [0.2, 0.25) is 0 Å². The van der Waals surface area contributed by atoms with Gasteiger partial charge in [-0.05, 0) is 6.42 Å². The monoisotopic (exact) mass is 114 g/mol. The van der Waals surface area contributed by atoms with Gasteiger partial charge in [0.1, 0.15) is 0 Å². The third-order valence-electron chi connectivity index (χ3n) is 0.697. The Morgan fingerprint density at radius 3 is 2.12 bits per heavy atom. The lowest BCUT2D eigenvalue weighted by molar-refractivity contribution is 0.475. The van der Waals surface area contributed by atoms with Crippen LogP contribution in [0.4, 0.5) is 0 Å². The summed E-state index contributed by atoms with van der Waals surface area (Å²) in [5.74, 6) is 0. The van der Waals surface area contributed by atoms with E-state index in [1.807, 2.05) is 6.08 Å². The Bertz CT molecular complexity index is 45.6. The molecule has 0 aromatic rings. The highest BCUT2D eigenvalue weighted by molar-refractivity contribution is 4.63. The zero-order valence-corrected chi connectivity index (χ0v) is 5.52. The number of unbranched alkanes of at least 4 members (excludes halogenated alkanes) is 1. The summed E-state index contributed by atoms with van der Waals surface area (Å²) in [5, 5.41) is 0. The average Bonchev–Trinajstić information content (AvgIpc) is 2.50. The molecule has 1 heterocycles. The number of ether oxygens (including phenoxy) is 1. The second kappa shape index (κ2) is 6.70. The van der Waals surface area contributed by atoms with Gasteiger partial charge in [-0.1, -0.05) is 19.4 Å². The third-order valence-corrected chi connectivity index (χ3v) is 0.697. The molecule has 48 valence electrons. The molecule has 1 fully saturated rings. The molecule has 0 aliphatic carbocycles. The first-order valence-corrected chi connectivity index (χ1v) is 3.10. The molecule has 1 aliphatic heterocycles. The second-order valence-electron chi connectivity index (χ2n) is 1.69. The molecule has 0 saturated carbocycles. The van der Waals surface area contributed by atoms with Gasteiger partial charge in [-0.2, -0.15) is 0 Å². The number of epoxide rings is 1. The molecule has 1 saturated heterocycles. The lowest BCUT2D eigenvalue weighted by atomic mass is 10.3. The SMILES string of the molecule is C1CO1.C=CCCC. The van der Waals surface area contributed by atoms with Gasteiger partial charge in [0.15, 0.2) is 0 Å². The predicted octanol–water partition coefficient (Wildman–Crippen LogP) is 1.99. The minimum Gasteiger partial charge on any atom is -0.377 e. The van der Waals surface area contributed by atoms with E-state index in [9.17, 15) is 0 Å². The highest BCUT2D eigenvalue weighted by Crippen LogP contribution is 1.84. The molecule has 0 unspecified atom stereocenters. The number of rotatable bonds is 2. The van der Waals surface area contributed by atoms with Crippen LogP contribution in [0.25, 0.3) is 0 Å². The highest BCUT2D eigenvalue weighted by atomic mass is 16.6. The molecule has 0 aromatic carbocycles. The van der Waals surface area contributed by atoms with Crippen LogP contribution in [0, 0.1) is 0 Å². The van der Waals surface area contributed by atoms with Gasteiger partial charge in [0, 0.05) is 0 Å². The molecule has 0 atom stereocenters. The lowest BCUT2D eigenvalue weighted by Gasteiger charge is -1.72. The molecule has 0 bridgehead atoms. The maximum absolute atomic E-state index is 4.50. The molecule has 0 radical (unpaired) electrons. The van der Waals surface area contributed by atoms with Crippen molar-refractivity contribution >= 4 is 0 Å². The van der Waals surface area contributed by atoms with Gasteiger partial charge in [0.2, 0.25) is 0 Å². The largest absolute Gasteiger partial charge is 0.377 e. The Balaban J connectivity index is 0.000000135. The van der Waals surface area contributed by atoms with Gasteiger partial charge in [-0.25, -0.2) is 0 Å². The second-order valence-corrected chi connectivity index (χ2v) is 1.69. The van der Waals surface area contributed by atoms with Crippen LogP contribution in [0.3, 0.4) is 0 Å². The van der Waals surface area contributed by atoms with Crippen molar-refractivity contribution in [2.45, 2.75) is 19.8 Å². The van der Waals surface area contributed by atoms with Crippen LogP contribution in [-0.4, -0.2) is 13.2 Å². The van der Waals surface area contributed by atoms with Crippen molar-refractivity contribution in [3.05, 3.63) is 12.7 Å². The van der Waals surface area contributed by atoms with Gasteiger partial charge in [-0.15, -0.1) is 6.58 Å². The Kier molecular flexibility index (Phi) is 6.45. The van der Waals surface area contributed by atoms with Crippen molar-refractivity contribution in [1.82, 2.24) is 0 Å². The van der Waals surface area contributed by atoms with Crippen LogP contribution >= 0.6 is 0 Å². The number of hydrogen-bond donors (Lipinski definition) is 0. The minimum absolute atomic E-state index is 1.00. The first-order valence-electron chi connectivity index (χ1n) is 3.10. The molecule has 1 heteroatoms. The summed E-state index contributed by atoms with van der Waals surface area (Å²) in [4.78, 5) is 0. The van der Waals surface area contributed by atoms with Crippen molar-refractivity contribution in [2.75, 3.05) is 13.2 Å². The first kappa shape index (κ1) is 7.70. The highest BCUT2D eigenvalue weighted by Gasteiger charge is 1.94. The van der Waals surface area contributed by atoms with Crippen molar-refractivity contribution in [3.63, 3.8) is 0 Å². The van der Waals surface area contributed by atoms with E-state index < -0.39 is 0 Å². The summed E-state index contributed by atoms with van der Waals surface area (Å²) in [5.41, 5.74) is 0. The lowest BCUT2D eigenvalue weighted by Crippen LogP contribution is -1.52. The number of allylic oxidation sites excluding steroid dienone is 1. The summed E-state index contributed by atoms with van der Waals surface area (Å²) >= 11 is 0. The standard InChI is InChI=1S/C5H10.C2H4O/c1-3-5-4-2;1-2-3-1/h3H,1,4-5H2,2H3;1-2H2. The van der Waals surface area contributed by atoms with Gasteiger partial charge < -0.3 is 4.74 Å². The summed E-state index contributed by atoms with van der Waals surface area (Å²) in [6, 6.07) is 0. The van der Waals surface area contributed by atoms with E-state index in [0.29, 0.717) is 0 Å². The Labute approximate surface area is 51.4 Å². The van der Waals surface area contributed by atoms with Crippen LogP contribution in [0.1, 0.15) is 19.8 Å². The van der Waals surface area contributed by atoms with Gasteiger partial charge in [0.05, 0.1) is 13.2 Å². The summed E-state index contributed by atoms with van der Waals surface area (Å²) in [7, 11) is 0. The Morgan fingerprint density at radius 1 is 1.62 bits per heavy atom. The zero-order chi connectivity index (χ0) is 6.24. The minimum atomic E-state index is 1.00. The van der Waals surface area contributed by atoms with Crippen LogP contribution in [-0.2, 0) is 4.74 Å². The summed E-state index contributed by atoms with van der Waals surface area (Å²) < 4.78 is 4.50. The first-order chi connectivity index (χ1) is 3.91. The molecule has 0 amide bonds. The third kappa shape index (κ3) is 17.3. The molecule has 1 aliphatic rings. The molecular formula is C7H14O. The van der Waals surface area contributed by atoms with Crippen molar-refractivity contribution in [1.29, 1.82) is 0 Å². The Hall–Kier alpha value is -0.300. The van der Waals surface area contributed by atoms with Crippen molar-refractivity contribution < 1.29 is 4.74 Å². The van der Waals surface area contributed by atoms with E-state index >= 15 is 0 Å². The molecule has 0 aromatic heterocycles. The molecule has 0 spiro atoms. The van der Waals surface area contributed by atoms with E-state index in [1.165, 1.54) is 6.42 Å². The van der Waals surface area contributed by atoms with Crippen molar-refractivity contribution in [3.8, 4) is 0 Å². The number of hydrogen-bond acceptors (Lipinski definition) is 1. The smallest absolute Gasteiger partial charge is 0.0701 e. The molecule has 1 rings (SSSR count). The fraction of sp³-hybridized carbons (Fsp3) is 0.714. The molecule has 8 heavy (non-hydrogen) atoms. The van der Waals surface area contributed by atoms with Crippen LogP contribution in [0.5, 0.6) is 0 Å². The van der Waals surface area contributed by atoms with Gasteiger partial charge >= 0.3 is 0 Å². The predicted molar refractivity (Wildman–Crippen MR) is 35.9 cm³/mol. The fourth-order valence-corrected chi connectivity index (χ4v) is 0.204. The van der Waals surface area contributed by atoms with E-state index in [0.717, 1.165) is 19.6 Å². The van der Waals surface area contributed by atoms with Crippen molar-refractivity contribution in [2.24, 2.45) is 0 Å². The fourth-order valence-electron chi connectivity index (χ4n) is 0.204. The van der Waals surface area contributed by atoms with E-state index in [1.54, 1.807) is 0 Å². The van der Waals surface area contributed by atoms with Crippen LogP contribution < -0.4 is 0 Å². The van der Waals surface area contributed by atoms with Gasteiger partial charge in [-0.3, -0.25) is 0 Å². The maximum atomic E-state index is 4.50. The Morgan fingerprint density at radius 2 is 2.12 bits per heavy atom. The molecular weight excluding hydrogens is 100 g/mol. The quantitative estimate of drug-likeness (QED) is 0.395. The van der Waals surface area contributed by atoms with E-state index in [2.05, 4.69) is 18.2 Å². The van der Waals surface area contributed by atoms with Crippen LogP contribution in [0.15, 0.2) is 12.7 Å². The van der Waals surface area contributed by atoms with Gasteiger partial charge in [0.25, 0.3) is 0 Å². The normalized spacial score (nSPS) is 13.6. The zero-order valence-electron chi connectivity index (χ0n) is 5.52. The average molecular weight is 114 g/mol. The van der Waals surface area contributed by atoms with E-state index in [4.69, 9.17) is 0 Å². The summed E-state index contributed by atoms with van der Waals surface area (Å²) in [6.07, 6.45) is 4.31. The van der Waals surface area contributed by atoms with E-state index in [-0.39, 0.29) is 0 Å².